The molecule has 0 heterocycles. The highest BCUT2D eigenvalue weighted by molar-refractivity contribution is 5.69. The minimum atomic E-state index is -0.177. The molecular formula is C12H21NO3. The lowest BCUT2D eigenvalue weighted by Gasteiger charge is -2.20. The fraction of sp³-hybridized carbons (Fsp3) is 0.750. The summed E-state index contributed by atoms with van der Waals surface area (Å²) in [6.45, 7) is 4.87. The second-order valence-electron chi connectivity index (χ2n) is 3.34. The van der Waals surface area contributed by atoms with Crippen molar-refractivity contribution in [3.8, 4) is 11.8 Å². The first kappa shape index (κ1) is 14.9. The molecule has 0 N–H and O–H groups in total. The predicted octanol–water partition coefficient (Wildman–Crippen LogP) is 0.911. The normalized spacial score (nSPS) is 9.75. The van der Waals surface area contributed by atoms with E-state index in [1.165, 1.54) is 7.11 Å². The van der Waals surface area contributed by atoms with E-state index >= 15 is 0 Å². The molecule has 0 amide bonds. The summed E-state index contributed by atoms with van der Waals surface area (Å²) in [7, 11) is 3.08. The molecule has 0 spiro atoms. The quantitative estimate of drug-likeness (QED) is 0.456. The van der Waals surface area contributed by atoms with Gasteiger partial charge in [0.15, 0.2) is 0 Å². The van der Waals surface area contributed by atoms with Crippen LogP contribution < -0.4 is 0 Å². The van der Waals surface area contributed by atoms with Crippen LogP contribution in [0.1, 0.15) is 19.8 Å². The maximum absolute atomic E-state index is 11.0. The number of rotatable bonds is 8. The first-order valence-electron chi connectivity index (χ1n) is 5.42. The Hall–Kier alpha value is -1.05. The number of nitrogens with zero attached hydrogens (tertiary/aromatic N) is 1. The summed E-state index contributed by atoms with van der Waals surface area (Å²) >= 11 is 0. The lowest BCUT2D eigenvalue weighted by molar-refractivity contribution is -0.141. The van der Waals surface area contributed by atoms with Crippen LogP contribution in [0, 0.1) is 11.8 Å². The van der Waals surface area contributed by atoms with Gasteiger partial charge in [-0.05, 0) is 6.92 Å². The first-order chi connectivity index (χ1) is 7.74. The van der Waals surface area contributed by atoms with Crippen molar-refractivity contribution in [2.24, 2.45) is 0 Å². The van der Waals surface area contributed by atoms with Crippen molar-refractivity contribution < 1.29 is 14.3 Å². The third-order valence-corrected chi connectivity index (χ3v) is 2.20. The molecule has 0 aromatic rings. The Balaban J connectivity index is 3.87. The number of hydrogen-bond acceptors (Lipinski definition) is 4. The summed E-state index contributed by atoms with van der Waals surface area (Å²) in [4.78, 5) is 13.2. The average molecular weight is 227 g/mol. The first-order valence-corrected chi connectivity index (χ1v) is 5.42. The van der Waals surface area contributed by atoms with Gasteiger partial charge in [-0.3, -0.25) is 9.69 Å². The van der Waals surface area contributed by atoms with Crippen molar-refractivity contribution in [2.75, 3.05) is 40.5 Å². The molecule has 4 nitrogen and oxygen atoms in total. The number of hydrogen-bond donors (Lipinski definition) is 0. The largest absolute Gasteiger partial charge is 0.469 e. The van der Waals surface area contributed by atoms with Gasteiger partial charge in [0, 0.05) is 33.2 Å². The Bertz CT molecular complexity index is 242. The van der Waals surface area contributed by atoms with Crippen LogP contribution in [0.3, 0.4) is 0 Å². The van der Waals surface area contributed by atoms with E-state index < -0.39 is 0 Å². The molecule has 0 atom stereocenters. The fourth-order valence-electron chi connectivity index (χ4n) is 1.25. The van der Waals surface area contributed by atoms with E-state index in [2.05, 4.69) is 21.5 Å². The monoisotopic (exact) mass is 227 g/mol. The number of ether oxygens (including phenoxy) is 2. The third-order valence-electron chi connectivity index (χ3n) is 2.20. The molecule has 0 aromatic heterocycles. The van der Waals surface area contributed by atoms with Crippen molar-refractivity contribution >= 4 is 5.97 Å². The van der Waals surface area contributed by atoms with E-state index in [0.717, 1.165) is 19.5 Å². The Morgan fingerprint density at radius 1 is 1.25 bits per heavy atom. The van der Waals surface area contributed by atoms with E-state index in [9.17, 15) is 4.79 Å². The number of carbonyl (C=O) groups excluding carboxylic acids is 1. The van der Waals surface area contributed by atoms with Crippen molar-refractivity contribution in [2.45, 2.75) is 19.8 Å². The van der Waals surface area contributed by atoms with Crippen LogP contribution in [0.25, 0.3) is 0 Å². The highest BCUT2D eigenvalue weighted by atomic mass is 16.5. The Morgan fingerprint density at radius 2 is 2.00 bits per heavy atom. The van der Waals surface area contributed by atoms with Crippen molar-refractivity contribution in [1.29, 1.82) is 0 Å². The molecule has 0 rings (SSSR count). The van der Waals surface area contributed by atoms with E-state index in [1.54, 1.807) is 7.11 Å². The number of methoxy groups -OCH3 is 2. The van der Waals surface area contributed by atoms with Gasteiger partial charge in [-0.15, -0.1) is 11.8 Å². The Morgan fingerprint density at radius 3 is 2.56 bits per heavy atom. The summed E-state index contributed by atoms with van der Waals surface area (Å²) in [5.41, 5.74) is 0. The summed E-state index contributed by atoms with van der Waals surface area (Å²) in [5, 5.41) is 0. The molecule has 4 heteroatoms. The highest BCUT2D eigenvalue weighted by Crippen LogP contribution is 1.95. The minimum Gasteiger partial charge on any atom is -0.469 e. The summed E-state index contributed by atoms with van der Waals surface area (Å²) in [5.74, 6) is 5.69. The Labute approximate surface area is 97.9 Å². The van der Waals surface area contributed by atoms with Gasteiger partial charge in [-0.1, -0.05) is 0 Å². The topological polar surface area (TPSA) is 38.8 Å². The van der Waals surface area contributed by atoms with E-state index in [0.29, 0.717) is 19.6 Å². The zero-order chi connectivity index (χ0) is 12.2. The molecule has 0 unspecified atom stereocenters. The second-order valence-corrected chi connectivity index (χ2v) is 3.34. The van der Waals surface area contributed by atoms with Gasteiger partial charge in [0.2, 0.25) is 0 Å². The fourth-order valence-corrected chi connectivity index (χ4v) is 1.25. The van der Waals surface area contributed by atoms with Crippen molar-refractivity contribution in [1.82, 2.24) is 4.90 Å². The molecule has 0 saturated heterocycles. The zero-order valence-corrected chi connectivity index (χ0v) is 10.4. The van der Waals surface area contributed by atoms with Crippen LogP contribution in [-0.4, -0.2) is 51.3 Å². The minimum absolute atomic E-state index is 0.177. The third kappa shape index (κ3) is 8.27. The molecule has 16 heavy (non-hydrogen) atoms. The molecule has 0 aliphatic rings. The number of esters is 1. The van der Waals surface area contributed by atoms with Crippen LogP contribution in [0.15, 0.2) is 0 Å². The molecule has 0 aliphatic heterocycles. The molecule has 0 saturated carbocycles. The van der Waals surface area contributed by atoms with Crippen LogP contribution >= 0.6 is 0 Å². The second kappa shape index (κ2) is 10.5. The van der Waals surface area contributed by atoms with Gasteiger partial charge in [0.1, 0.15) is 0 Å². The van der Waals surface area contributed by atoms with Gasteiger partial charge in [0.05, 0.1) is 20.1 Å². The van der Waals surface area contributed by atoms with Gasteiger partial charge in [-0.2, -0.15) is 0 Å². The number of carbonyl (C=O) groups is 1. The van der Waals surface area contributed by atoms with E-state index in [-0.39, 0.29) is 5.97 Å². The molecule has 0 fully saturated rings. The van der Waals surface area contributed by atoms with Gasteiger partial charge in [-0.25, -0.2) is 0 Å². The van der Waals surface area contributed by atoms with Crippen LogP contribution in [0.5, 0.6) is 0 Å². The van der Waals surface area contributed by atoms with Gasteiger partial charge in [0.25, 0.3) is 0 Å². The average Bonchev–Trinajstić information content (AvgIpc) is 2.31. The molecular weight excluding hydrogens is 206 g/mol. The smallest absolute Gasteiger partial charge is 0.306 e. The van der Waals surface area contributed by atoms with E-state index in [1.807, 2.05) is 6.92 Å². The summed E-state index contributed by atoms with van der Waals surface area (Å²) < 4.78 is 9.62. The predicted molar refractivity (Wildman–Crippen MR) is 63.0 cm³/mol. The molecule has 0 aromatic carbocycles. The highest BCUT2D eigenvalue weighted by Gasteiger charge is 2.07. The maximum atomic E-state index is 11.0. The summed E-state index contributed by atoms with van der Waals surface area (Å²) in [6, 6.07) is 0. The lowest BCUT2D eigenvalue weighted by Crippen LogP contribution is -2.30. The molecule has 0 bridgehead atoms. The van der Waals surface area contributed by atoms with Crippen molar-refractivity contribution in [3.05, 3.63) is 0 Å². The lowest BCUT2D eigenvalue weighted by atomic mass is 10.3. The summed E-state index contributed by atoms with van der Waals surface area (Å²) in [6.07, 6.45) is 1.24. The Kier molecular flexibility index (Phi) is 9.78. The molecule has 92 valence electrons. The molecule has 0 radical (unpaired) electrons. The van der Waals surface area contributed by atoms with Crippen LogP contribution in [0.4, 0.5) is 0 Å². The van der Waals surface area contributed by atoms with Crippen LogP contribution in [0.2, 0.25) is 0 Å². The molecule has 0 aliphatic carbocycles. The van der Waals surface area contributed by atoms with Crippen LogP contribution in [-0.2, 0) is 14.3 Å². The maximum Gasteiger partial charge on any atom is 0.306 e. The standard InChI is InChI=1S/C12H21NO3/c1-4-5-6-8-13(10-11-15-2)9-7-12(14)16-3/h6-11H2,1-3H3. The zero-order valence-electron chi connectivity index (χ0n) is 10.4. The van der Waals surface area contributed by atoms with Crippen molar-refractivity contribution in [3.63, 3.8) is 0 Å². The van der Waals surface area contributed by atoms with Gasteiger partial charge < -0.3 is 9.47 Å². The van der Waals surface area contributed by atoms with E-state index in [4.69, 9.17) is 4.74 Å². The van der Waals surface area contributed by atoms with Gasteiger partial charge >= 0.3 is 5.97 Å². The SMILES string of the molecule is CC#CCCN(CCOC)CCC(=O)OC.